The van der Waals surface area contributed by atoms with Crippen molar-refractivity contribution in [1.29, 1.82) is 0 Å². The molecule has 2 heterocycles. The first-order valence-electron chi connectivity index (χ1n) is 12.8. The monoisotopic (exact) mass is 504 g/mol. The van der Waals surface area contributed by atoms with Crippen molar-refractivity contribution in [2.75, 3.05) is 29.9 Å². The molecule has 2 amide bonds. The van der Waals surface area contributed by atoms with Crippen molar-refractivity contribution in [3.05, 3.63) is 77.6 Å². The minimum Gasteiger partial charge on any atom is -0.390 e. The number of benzene rings is 2. The van der Waals surface area contributed by atoms with Crippen molar-refractivity contribution >= 4 is 23.2 Å². The number of rotatable bonds is 12. The number of aliphatic hydroxyl groups is 1. The highest BCUT2D eigenvalue weighted by molar-refractivity contribution is 6.00. The van der Waals surface area contributed by atoms with Crippen LogP contribution in [0.4, 0.5) is 11.4 Å². The molecule has 1 aliphatic heterocycles. The van der Waals surface area contributed by atoms with Gasteiger partial charge in [0, 0.05) is 68.3 Å². The van der Waals surface area contributed by atoms with E-state index in [2.05, 4.69) is 21.0 Å². The van der Waals surface area contributed by atoms with Crippen LogP contribution in [0.15, 0.2) is 60.9 Å². The van der Waals surface area contributed by atoms with Crippen LogP contribution < -0.4 is 20.9 Å². The van der Waals surface area contributed by atoms with Crippen LogP contribution in [0.3, 0.4) is 0 Å². The van der Waals surface area contributed by atoms with Crippen molar-refractivity contribution in [3.8, 4) is 0 Å². The molecule has 0 bridgehead atoms. The van der Waals surface area contributed by atoms with E-state index in [-0.39, 0.29) is 11.8 Å². The van der Waals surface area contributed by atoms with E-state index in [0.29, 0.717) is 50.3 Å². The number of nitrogens with zero attached hydrogens (tertiary/aromatic N) is 3. The molecule has 3 aromatic rings. The molecule has 0 aliphatic carbocycles. The molecule has 0 spiro atoms. The van der Waals surface area contributed by atoms with Crippen LogP contribution in [0.5, 0.6) is 0 Å². The second-order valence-corrected chi connectivity index (χ2v) is 9.44. The molecule has 4 rings (SSSR count). The van der Waals surface area contributed by atoms with Crippen molar-refractivity contribution in [1.82, 2.24) is 20.4 Å². The third-order valence-electron chi connectivity index (χ3n) is 6.47. The average molecular weight is 505 g/mol. The first-order chi connectivity index (χ1) is 17.9. The number of anilines is 2. The first-order valence-corrected chi connectivity index (χ1v) is 12.8. The van der Waals surface area contributed by atoms with E-state index in [0.717, 1.165) is 23.2 Å². The van der Waals surface area contributed by atoms with Gasteiger partial charge >= 0.3 is 0 Å². The summed E-state index contributed by atoms with van der Waals surface area (Å²) >= 11 is 0. The number of carbonyl (C=O) groups is 2. The molecule has 2 aromatic carbocycles. The number of nitrogens with one attached hydrogen (secondary N) is 3. The number of aromatic nitrogens is 2. The van der Waals surface area contributed by atoms with Gasteiger partial charge in [-0.25, -0.2) is 0 Å². The van der Waals surface area contributed by atoms with Gasteiger partial charge in [0.05, 0.1) is 18.3 Å². The lowest BCUT2D eigenvalue weighted by atomic mass is 10.00. The minimum absolute atomic E-state index is 0.0667. The maximum Gasteiger partial charge on any atom is 0.251 e. The standard InChI is InChI=1S/C28H36N6O3/c1-3-30-23-13-22(14-24(15-23)34-11-7-10-27(34)36)28(37)32-25(12-20-8-5-4-6-9-20)26(35)18-29-16-21-17-31-33(2)19-21/h4-6,8-9,13-15,17,19,25-26,29-30,35H,3,7,10-12,16,18H2,1-2H3,(H,32,37)/t25-,26-/m0/s1. The molecular weight excluding hydrogens is 468 g/mol. The zero-order valence-electron chi connectivity index (χ0n) is 21.5. The summed E-state index contributed by atoms with van der Waals surface area (Å²) in [6, 6.07) is 14.7. The number of aryl methyl sites for hydroxylation is 1. The van der Waals surface area contributed by atoms with E-state index in [1.807, 2.05) is 56.6 Å². The Balaban J connectivity index is 1.50. The lowest BCUT2D eigenvalue weighted by Crippen LogP contribution is -2.48. The van der Waals surface area contributed by atoms with Crippen molar-refractivity contribution in [2.45, 2.75) is 44.9 Å². The Labute approximate surface area is 217 Å². The van der Waals surface area contributed by atoms with Crippen LogP contribution >= 0.6 is 0 Å². The Hall–Kier alpha value is -3.69. The Morgan fingerprint density at radius 2 is 1.97 bits per heavy atom. The van der Waals surface area contributed by atoms with Gasteiger partial charge in [-0.3, -0.25) is 14.3 Å². The van der Waals surface area contributed by atoms with Crippen molar-refractivity contribution in [2.24, 2.45) is 7.05 Å². The summed E-state index contributed by atoms with van der Waals surface area (Å²) in [5.74, 6) is -0.225. The third kappa shape index (κ3) is 7.18. The molecule has 2 atom stereocenters. The van der Waals surface area contributed by atoms with Crippen LogP contribution in [-0.2, 0) is 24.8 Å². The highest BCUT2D eigenvalue weighted by Gasteiger charge is 2.25. The van der Waals surface area contributed by atoms with E-state index < -0.39 is 12.1 Å². The van der Waals surface area contributed by atoms with Gasteiger partial charge in [0.1, 0.15) is 0 Å². The summed E-state index contributed by atoms with van der Waals surface area (Å²) in [4.78, 5) is 27.6. The highest BCUT2D eigenvalue weighted by atomic mass is 16.3. The molecule has 0 saturated carbocycles. The zero-order chi connectivity index (χ0) is 26.2. The maximum atomic E-state index is 13.5. The van der Waals surface area contributed by atoms with Gasteiger partial charge in [-0.15, -0.1) is 0 Å². The van der Waals surface area contributed by atoms with Gasteiger partial charge in [-0.2, -0.15) is 5.10 Å². The summed E-state index contributed by atoms with van der Waals surface area (Å²) < 4.78 is 1.73. The Morgan fingerprint density at radius 3 is 2.65 bits per heavy atom. The number of aliphatic hydroxyl groups excluding tert-OH is 1. The Morgan fingerprint density at radius 1 is 1.16 bits per heavy atom. The molecule has 37 heavy (non-hydrogen) atoms. The van der Waals surface area contributed by atoms with Crippen LogP contribution in [0.1, 0.15) is 41.3 Å². The molecule has 0 unspecified atom stereocenters. The molecule has 1 fully saturated rings. The van der Waals surface area contributed by atoms with Crippen LogP contribution in [0, 0.1) is 0 Å². The lowest BCUT2D eigenvalue weighted by Gasteiger charge is -2.25. The van der Waals surface area contributed by atoms with Crippen molar-refractivity contribution < 1.29 is 14.7 Å². The van der Waals surface area contributed by atoms with Gasteiger partial charge in [-0.05, 0) is 43.5 Å². The van der Waals surface area contributed by atoms with Gasteiger partial charge < -0.3 is 26.0 Å². The average Bonchev–Trinajstić information content (AvgIpc) is 3.51. The largest absolute Gasteiger partial charge is 0.390 e. The number of hydrogen-bond acceptors (Lipinski definition) is 6. The second kappa shape index (κ2) is 12.5. The molecule has 9 nitrogen and oxygen atoms in total. The molecule has 196 valence electrons. The Bertz CT molecular complexity index is 1200. The molecule has 9 heteroatoms. The van der Waals surface area contributed by atoms with Gasteiger partial charge in [0.25, 0.3) is 5.91 Å². The molecule has 0 radical (unpaired) electrons. The highest BCUT2D eigenvalue weighted by Crippen LogP contribution is 2.27. The summed E-state index contributed by atoms with van der Waals surface area (Å²) in [7, 11) is 1.86. The topological polar surface area (TPSA) is 112 Å². The van der Waals surface area contributed by atoms with Crippen LogP contribution in [0.25, 0.3) is 0 Å². The molecule has 4 N–H and O–H groups in total. The van der Waals surface area contributed by atoms with E-state index in [1.165, 1.54) is 0 Å². The van der Waals surface area contributed by atoms with Crippen LogP contribution in [-0.4, -0.2) is 58.5 Å². The zero-order valence-corrected chi connectivity index (χ0v) is 21.5. The predicted molar refractivity (Wildman–Crippen MR) is 145 cm³/mol. The first kappa shape index (κ1) is 26.4. The number of carbonyl (C=O) groups excluding carboxylic acids is 2. The quantitative estimate of drug-likeness (QED) is 0.302. The predicted octanol–water partition coefficient (Wildman–Crippen LogP) is 2.47. The van der Waals surface area contributed by atoms with Gasteiger partial charge in [0.15, 0.2) is 0 Å². The summed E-state index contributed by atoms with van der Waals surface area (Å²) in [6.45, 7) is 4.19. The second-order valence-electron chi connectivity index (χ2n) is 9.44. The van der Waals surface area contributed by atoms with Crippen molar-refractivity contribution in [3.63, 3.8) is 0 Å². The van der Waals surface area contributed by atoms with E-state index in [1.54, 1.807) is 27.9 Å². The normalized spacial score (nSPS) is 15.0. The fourth-order valence-corrected chi connectivity index (χ4v) is 4.60. The fourth-order valence-electron chi connectivity index (χ4n) is 4.60. The molecule has 1 aromatic heterocycles. The smallest absolute Gasteiger partial charge is 0.251 e. The summed E-state index contributed by atoms with van der Waals surface area (Å²) in [5.41, 5.74) is 3.97. The molecular formula is C28H36N6O3. The summed E-state index contributed by atoms with van der Waals surface area (Å²) in [6.07, 6.45) is 4.68. The maximum absolute atomic E-state index is 13.5. The molecule has 1 saturated heterocycles. The third-order valence-corrected chi connectivity index (χ3v) is 6.47. The lowest BCUT2D eigenvalue weighted by molar-refractivity contribution is -0.117. The minimum atomic E-state index is -0.822. The van der Waals surface area contributed by atoms with Gasteiger partial charge in [0.2, 0.25) is 5.91 Å². The van der Waals surface area contributed by atoms with Gasteiger partial charge in [-0.1, -0.05) is 30.3 Å². The van der Waals surface area contributed by atoms with E-state index in [4.69, 9.17) is 0 Å². The summed E-state index contributed by atoms with van der Waals surface area (Å²) in [5, 5.41) is 24.8. The van der Waals surface area contributed by atoms with Crippen LogP contribution in [0.2, 0.25) is 0 Å². The van der Waals surface area contributed by atoms with E-state index in [9.17, 15) is 14.7 Å². The number of hydrogen-bond donors (Lipinski definition) is 4. The van der Waals surface area contributed by atoms with E-state index >= 15 is 0 Å². The fraction of sp³-hybridized carbons (Fsp3) is 0.393. The SMILES string of the molecule is CCNc1cc(C(=O)N[C@@H](Cc2ccccc2)[C@@H](O)CNCc2cnn(C)c2)cc(N2CCCC2=O)c1. The molecule has 1 aliphatic rings. The number of amides is 2. The Kier molecular flexibility index (Phi) is 8.92.